The predicted molar refractivity (Wildman–Crippen MR) is 88.5 cm³/mol. The second kappa shape index (κ2) is 6.47. The van der Waals surface area contributed by atoms with E-state index in [2.05, 4.69) is 47.1 Å². The number of fused-ring (bicyclic) bond motifs is 1. The molecule has 2 aliphatic heterocycles. The summed E-state index contributed by atoms with van der Waals surface area (Å²) >= 11 is 0. The summed E-state index contributed by atoms with van der Waals surface area (Å²) in [5, 5.41) is 0. The number of nitrogens with zero attached hydrogens (tertiary/aromatic N) is 2. The van der Waals surface area contributed by atoms with Crippen LogP contribution in [0.5, 0.6) is 0 Å². The number of hydrogen-bond donors (Lipinski definition) is 1. The van der Waals surface area contributed by atoms with Gasteiger partial charge < -0.3 is 5.73 Å². The van der Waals surface area contributed by atoms with E-state index in [9.17, 15) is 0 Å². The van der Waals surface area contributed by atoms with Crippen LogP contribution in [-0.2, 0) is 5.41 Å². The summed E-state index contributed by atoms with van der Waals surface area (Å²) in [7, 11) is 0. The molecule has 116 valence electrons. The lowest BCUT2D eigenvalue weighted by Crippen LogP contribution is -2.57. The quantitative estimate of drug-likeness (QED) is 0.920. The molecule has 2 unspecified atom stereocenters. The van der Waals surface area contributed by atoms with Gasteiger partial charge in [-0.2, -0.15) is 0 Å². The van der Waals surface area contributed by atoms with Gasteiger partial charge in [0, 0.05) is 44.2 Å². The van der Waals surface area contributed by atoms with Crippen molar-refractivity contribution >= 4 is 0 Å². The van der Waals surface area contributed by atoms with Crippen molar-refractivity contribution in [3.05, 3.63) is 35.9 Å². The Balaban J connectivity index is 1.67. The van der Waals surface area contributed by atoms with Crippen molar-refractivity contribution in [3.63, 3.8) is 0 Å². The highest BCUT2D eigenvalue weighted by molar-refractivity contribution is 5.25. The maximum atomic E-state index is 6.15. The molecule has 2 saturated heterocycles. The highest BCUT2D eigenvalue weighted by Crippen LogP contribution is 2.27. The van der Waals surface area contributed by atoms with Gasteiger partial charge in [-0.05, 0) is 24.9 Å². The molecule has 0 spiro atoms. The molecule has 1 aromatic carbocycles. The van der Waals surface area contributed by atoms with Crippen LogP contribution < -0.4 is 5.73 Å². The van der Waals surface area contributed by atoms with Gasteiger partial charge in [0.2, 0.25) is 0 Å². The van der Waals surface area contributed by atoms with E-state index in [0.29, 0.717) is 6.54 Å². The number of piperidine rings is 1. The molecule has 0 bridgehead atoms. The van der Waals surface area contributed by atoms with Crippen molar-refractivity contribution in [1.82, 2.24) is 9.80 Å². The van der Waals surface area contributed by atoms with Gasteiger partial charge in [-0.25, -0.2) is 0 Å². The fourth-order valence-electron chi connectivity index (χ4n) is 3.97. The Kier molecular flexibility index (Phi) is 4.63. The molecule has 3 heteroatoms. The predicted octanol–water partition coefficient (Wildman–Crippen LogP) is 2.07. The van der Waals surface area contributed by atoms with Crippen LogP contribution in [0.2, 0.25) is 0 Å². The zero-order chi connectivity index (χ0) is 14.7. The smallest absolute Gasteiger partial charge is 0.0223 e. The lowest BCUT2D eigenvalue weighted by molar-refractivity contribution is 0.0397. The van der Waals surface area contributed by atoms with Crippen molar-refractivity contribution in [2.24, 2.45) is 5.73 Å². The first kappa shape index (κ1) is 15.0. The first-order valence-corrected chi connectivity index (χ1v) is 8.43. The zero-order valence-electron chi connectivity index (χ0n) is 13.3. The average molecular weight is 287 g/mol. The van der Waals surface area contributed by atoms with Crippen LogP contribution >= 0.6 is 0 Å². The maximum absolute atomic E-state index is 6.15. The van der Waals surface area contributed by atoms with Crippen LogP contribution in [0.1, 0.15) is 31.7 Å². The minimum atomic E-state index is 0.0676. The molecular formula is C18H29N3. The third kappa shape index (κ3) is 3.31. The van der Waals surface area contributed by atoms with Gasteiger partial charge in [0.25, 0.3) is 0 Å². The highest BCUT2D eigenvalue weighted by atomic mass is 15.3. The fourth-order valence-corrected chi connectivity index (χ4v) is 3.97. The second-order valence-corrected chi connectivity index (χ2v) is 7.05. The van der Waals surface area contributed by atoms with Crippen LogP contribution in [-0.4, -0.2) is 55.1 Å². The largest absolute Gasteiger partial charge is 0.330 e. The first-order chi connectivity index (χ1) is 10.2. The van der Waals surface area contributed by atoms with Gasteiger partial charge in [0.15, 0.2) is 0 Å². The van der Waals surface area contributed by atoms with Gasteiger partial charge in [-0.1, -0.05) is 43.7 Å². The van der Waals surface area contributed by atoms with Gasteiger partial charge in [-0.15, -0.1) is 0 Å². The van der Waals surface area contributed by atoms with Gasteiger partial charge in [0.1, 0.15) is 0 Å². The Morgan fingerprint density at radius 2 is 1.95 bits per heavy atom. The number of rotatable bonds is 4. The van der Waals surface area contributed by atoms with Gasteiger partial charge in [-0.3, -0.25) is 9.80 Å². The van der Waals surface area contributed by atoms with E-state index >= 15 is 0 Å². The van der Waals surface area contributed by atoms with E-state index in [1.165, 1.54) is 51.0 Å². The molecule has 0 aromatic heterocycles. The first-order valence-electron chi connectivity index (χ1n) is 8.43. The zero-order valence-corrected chi connectivity index (χ0v) is 13.3. The third-order valence-corrected chi connectivity index (χ3v) is 5.42. The normalized spacial score (nSPS) is 27.0. The minimum Gasteiger partial charge on any atom is -0.330 e. The Hall–Kier alpha value is -0.900. The number of benzene rings is 1. The van der Waals surface area contributed by atoms with Crippen LogP contribution in [0.3, 0.4) is 0 Å². The van der Waals surface area contributed by atoms with Crippen molar-refractivity contribution in [1.29, 1.82) is 0 Å². The summed E-state index contributed by atoms with van der Waals surface area (Å²) in [5.74, 6) is 0. The van der Waals surface area contributed by atoms with E-state index in [1.54, 1.807) is 0 Å². The summed E-state index contributed by atoms with van der Waals surface area (Å²) < 4.78 is 0. The van der Waals surface area contributed by atoms with E-state index in [-0.39, 0.29) is 5.41 Å². The van der Waals surface area contributed by atoms with E-state index in [0.717, 1.165) is 12.6 Å². The summed E-state index contributed by atoms with van der Waals surface area (Å²) in [6, 6.07) is 11.6. The fraction of sp³-hybridized carbons (Fsp3) is 0.667. The Morgan fingerprint density at radius 3 is 2.71 bits per heavy atom. The molecule has 2 heterocycles. The average Bonchev–Trinajstić information content (AvgIpc) is 2.55. The van der Waals surface area contributed by atoms with Crippen LogP contribution in [0.15, 0.2) is 30.3 Å². The Morgan fingerprint density at radius 1 is 1.14 bits per heavy atom. The van der Waals surface area contributed by atoms with Gasteiger partial charge in [0.05, 0.1) is 0 Å². The minimum absolute atomic E-state index is 0.0676. The summed E-state index contributed by atoms with van der Waals surface area (Å²) in [5.41, 5.74) is 7.59. The molecule has 3 rings (SSSR count). The van der Waals surface area contributed by atoms with E-state index < -0.39 is 0 Å². The molecule has 2 atom stereocenters. The van der Waals surface area contributed by atoms with E-state index in [1.807, 2.05) is 0 Å². The standard InChI is InChI=1S/C18H29N3/c1-18(14-19,16-7-3-2-4-8-16)15-20-11-12-21-10-6-5-9-17(21)13-20/h2-4,7-8,17H,5-6,9-15,19H2,1H3. The molecule has 2 N–H and O–H groups in total. The SMILES string of the molecule is CC(CN)(CN1CCN2CCCCC2C1)c1ccccc1. The summed E-state index contributed by atoms with van der Waals surface area (Å²) in [4.78, 5) is 5.34. The molecule has 2 fully saturated rings. The van der Waals surface area contributed by atoms with Crippen molar-refractivity contribution in [3.8, 4) is 0 Å². The van der Waals surface area contributed by atoms with Crippen molar-refractivity contribution in [2.45, 2.75) is 37.6 Å². The lowest BCUT2D eigenvalue weighted by Gasteiger charge is -2.46. The molecule has 0 amide bonds. The Labute approximate surface area is 129 Å². The van der Waals surface area contributed by atoms with Crippen molar-refractivity contribution in [2.75, 3.05) is 39.3 Å². The lowest BCUT2D eigenvalue weighted by atomic mass is 9.81. The number of hydrogen-bond acceptors (Lipinski definition) is 3. The van der Waals surface area contributed by atoms with E-state index in [4.69, 9.17) is 5.73 Å². The molecule has 1 aromatic rings. The highest BCUT2D eigenvalue weighted by Gasteiger charge is 2.33. The molecule has 0 aliphatic carbocycles. The molecule has 3 nitrogen and oxygen atoms in total. The Bertz CT molecular complexity index is 447. The number of piperazine rings is 1. The van der Waals surface area contributed by atoms with Gasteiger partial charge >= 0.3 is 0 Å². The molecule has 21 heavy (non-hydrogen) atoms. The van der Waals surface area contributed by atoms with Crippen LogP contribution in [0, 0.1) is 0 Å². The third-order valence-electron chi connectivity index (χ3n) is 5.42. The molecule has 0 saturated carbocycles. The maximum Gasteiger partial charge on any atom is 0.0223 e. The molecule has 0 radical (unpaired) electrons. The topological polar surface area (TPSA) is 32.5 Å². The van der Waals surface area contributed by atoms with Crippen molar-refractivity contribution < 1.29 is 0 Å². The monoisotopic (exact) mass is 287 g/mol. The molecular weight excluding hydrogens is 258 g/mol. The van der Waals surface area contributed by atoms with Crippen LogP contribution in [0.4, 0.5) is 0 Å². The summed E-state index contributed by atoms with van der Waals surface area (Å²) in [6.45, 7) is 9.07. The molecule has 2 aliphatic rings. The van der Waals surface area contributed by atoms with Crippen LogP contribution in [0.25, 0.3) is 0 Å². The summed E-state index contributed by atoms with van der Waals surface area (Å²) in [6.07, 6.45) is 4.17. The second-order valence-electron chi connectivity index (χ2n) is 7.05. The number of nitrogens with two attached hydrogens (primary N) is 1.